The van der Waals surface area contributed by atoms with Crippen LogP contribution in [0.15, 0.2) is 46.4 Å². The molecule has 7 heteroatoms. The van der Waals surface area contributed by atoms with Gasteiger partial charge in [0, 0.05) is 30.6 Å². The summed E-state index contributed by atoms with van der Waals surface area (Å²) in [5.74, 6) is 1.62. The second-order valence-corrected chi connectivity index (χ2v) is 9.94. The quantitative estimate of drug-likeness (QED) is 0.531. The number of aliphatic imine (C=N–C) groups is 1. The number of amidine groups is 1. The Kier molecular flexibility index (Phi) is 5.38. The van der Waals surface area contributed by atoms with Gasteiger partial charge in [-0.1, -0.05) is 6.07 Å². The first-order valence-corrected chi connectivity index (χ1v) is 12.3. The Morgan fingerprint density at radius 2 is 1.97 bits per heavy atom. The molecule has 33 heavy (non-hydrogen) atoms. The van der Waals surface area contributed by atoms with Crippen molar-refractivity contribution in [3.63, 3.8) is 0 Å². The van der Waals surface area contributed by atoms with Crippen molar-refractivity contribution in [3.05, 3.63) is 58.7 Å². The molecule has 1 atom stereocenters. The van der Waals surface area contributed by atoms with Crippen molar-refractivity contribution >= 4 is 27.8 Å². The van der Waals surface area contributed by atoms with Crippen LogP contribution in [0.2, 0.25) is 0 Å². The van der Waals surface area contributed by atoms with E-state index in [0.29, 0.717) is 6.54 Å². The number of thioether (sulfide) groups is 1. The molecule has 0 amide bonds. The number of hydrogen-bond donors (Lipinski definition) is 0. The highest BCUT2D eigenvalue weighted by molar-refractivity contribution is 8.13. The van der Waals surface area contributed by atoms with E-state index in [2.05, 4.69) is 49.1 Å². The molecule has 1 saturated heterocycles. The van der Waals surface area contributed by atoms with Crippen LogP contribution in [0.3, 0.4) is 0 Å². The van der Waals surface area contributed by atoms with Gasteiger partial charge in [0.1, 0.15) is 5.03 Å². The van der Waals surface area contributed by atoms with Gasteiger partial charge in [-0.25, -0.2) is 4.98 Å². The van der Waals surface area contributed by atoms with E-state index in [4.69, 9.17) is 24.2 Å². The number of benzene rings is 2. The Balaban J connectivity index is 1.34. The predicted molar refractivity (Wildman–Crippen MR) is 130 cm³/mol. The molecule has 0 radical (unpaired) electrons. The second kappa shape index (κ2) is 8.54. The standard InChI is InChI=1S/C26H27N3O3S/c1-16-8-19-11-20-14-29(13-18-5-6-23-24(10-18)32-15-31-23)26(27-12-21-4-3-7-30-21)33-25(20)28-22(19)9-17(16)2/h5-6,8-11,21H,3-4,7,12-15H2,1-2H3/t21-/m1/s1. The first-order chi connectivity index (χ1) is 16.1. The van der Waals surface area contributed by atoms with Crippen molar-refractivity contribution < 1.29 is 14.2 Å². The van der Waals surface area contributed by atoms with Gasteiger partial charge in [-0.2, -0.15) is 0 Å². The number of rotatable bonds is 4. The SMILES string of the molecule is Cc1cc2cc3c(nc2cc1C)SC(=NC[C@H]1CCCO1)N(Cc1ccc2c(c1)OCO2)C3. The van der Waals surface area contributed by atoms with Crippen molar-refractivity contribution in [3.8, 4) is 11.5 Å². The molecule has 3 aliphatic heterocycles. The molecule has 1 aromatic heterocycles. The summed E-state index contributed by atoms with van der Waals surface area (Å²) in [5, 5.41) is 3.25. The summed E-state index contributed by atoms with van der Waals surface area (Å²) in [6, 6.07) is 12.9. The van der Waals surface area contributed by atoms with Crippen molar-refractivity contribution in [2.24, 2.45) is 4.99 Å². The number of pyridine rings is 1. The van der Waals surface area contributed by atoms with Gasteiger partial charge < -0.3 is 19.1 Å². The number of hydrogen-bond acceptors (Lipinski definition) is 6. The fraction of sp³-hybridized carbons (Fsp3) is 0.385. The highest BCUT2D eigenvalue weighted by Gasteiger charge is 2.26. The lowest BCUT2D eigenvalue weighted by atomic mass is 10.0. The van der Waals surface area contributed by atoms with Crippen molar-refractivity contribution in [2.75, 3.05) is 19.9 Å². The Morgan fingerprint density at radius 3 is 2.85 bits per heavy atom. The van der Waals surface area contributed by atoms with E-state index in [-0.39, 0.29) is 12.9 Å². The zero-order chi connectivity index (χ0) is 22.4. The highest BCUT2D eigenvalue weighted by atomic mass is 32.2. The fourth-order valence-electron chi connectivity index (χ4n) is 4.58. The molecule has 2 aromatic carbocycles. The predicted octanol–water partition coefficient (Wildman–Crippen LogP) is 5.22. The number of ether oxygens (including phenoxy) is 3. The number of fused-ring (bicyclic) bond motifs is 3. The van der Waals surface area contributed by atoms with Crippen molar-refractivity contribution in [1.82, 2.24) is 9.88 Å². The number of aryl methyl sites for hydroxylation is 2. The Hall–Kier alpha value is -2.77. The summed E-state index contributed by atoms with van der Waals surface area (Å²) in [6.07, 6.45) is 2.43. The van der Waals surface area contributed by atoms with Gasteiger partial charge >= 0.3 is 0 Å². The molecule has 0 aliphatic carbocycles. The normalized spacial score (nSPS) is 20.6. The third-order valence-corrected chi connectivity index (χ3v) is 7.67. The van der Waals surface area contributed by atoms with Gasteiger partial charge in [-0.15, -0.1) is 0 Å². The first kappa shape index (κ1) is 20.8. The molecule has 4 heterocycles. The average Bonchev–Trinajstić information content (AvgIpc) is 3.49. The topological polar surface area (TPSA) is 56.2 Å². The zero-order valence-corrected chi connectivity index (χ0v) is 19.8. The van der Waals surface area contributed by atoms with E-state index < -0.39 is 0 Å². The lowest BCUT2D eigenvalue weighted by Gasteiger charge is -2.31. The third kappa shape index (κ3) is 4.15. The summed E-state index contributed by atoms with van der Waals surface area (Å²) in [5.41, 5.74) is 6.03. The van der Waals surface area contributed by atoms with Gasteiger partial charge in [0.05, 0.1) is 18.2 Å². The zero-order valence-electron chi connectivity index (χ0n) is 19.0. The Morgan fingerprint density at radius 1 is 1.09 bits per heavy atom. The molecule has 0 N–H and O–H groups in total. The maximum Gasteiger partial charge on any atom is 0.231 e. The summed E-state index contributed by atoms with van der Waals surface area (Å²) in [7, 11) is 0. The summed E-state index contributed by atoms with van der Waals surface area (Å²) >= 11 is 1.67. The molecule has 6 nitrogen and oxygen atoms in total. The summed E-state index contributed by atoms with van der Waals surface area (Å²) in [6.45, 7) is 7.65. The molecule has 170 valence electrons. The van der Waals surface area contributed by atoms with E-state index in [0.717, 1.165) is 59.7 Å². The molecular formula is C26H27N3O3S. The minimum atomic E-state index is 0.224. The fourth-order valence-corrected chi connectivity index (χ4v) is 5.54. The summed E-state index contributed by atoms with van der Waals surface area (Å²) in [4.78, 5) is 12.4. The van der Waals surface area contributed by atoms with Crippen LogP contribution in [0.25, 0.3) is 10.9 Å². The van der Waals surface area contributed by atoms with Gasteiger partial charge in [-0.3, -0.25) is 4.99 Å². The second-order valence-electron chi connectivity index (χ2n) is 8.99. The van der Waals surface area contributed by atoms with Crippen molar-refractivity contribution in [2.45, 2.75) is 50.9 Å². The monoisotopic (exact) mass is 461 g/mol. The molecule has 0 unspecified atom stereocenters. The van der Waals surface area contributed by atoms with E-state index in [1.54, 1.807) is 11.8 Å². The molecular weight excluding hydrogens is 434 g/mol. The van der Waals surface area contributed by atoms with Gasteiger partial charge in [-0.05, 0) is 85.5 Å². The van der Waals surface area contributed by atoms with Crippen molar-refractivity contribution in [1.29, 1.82) is 0 Å². The average molecular weight is 462 g/mol. The van der Waals surface area contributed by atoms with Gasteiger partial charge in [0.25, 0.3) is 0 Å². The molecule has 3 aromatic rings. The molecule has 0 saturated carbocycles. The van der Waals surface area contributed by atoms with Crippen LogP contribution in [-0.2, 0) is 17.8 Å². The van der Waals surface area contributed by atoms with E-state index in [9.17, 15) is 0 Å². The maximum atomic E-state index is 5.82. The molecule has 3 aliphatic rings. The highest BCUT2D eigenvalue weighted by Crippen LogP contribution is 2.37. The van der Waals surface area contributed by atoms with Gasteiger partial charge in [0.2, 0.25) is 6.79 Å². The van der Waals surface area contributed by atoms with Crippen LogP contribution >= 0.6 is 11.8 Å². The van der Waals surface area contributed by atoms with Gasteiger partial charge in [0.15, 0.2) is 16.7 Å². The van der Waals surface area contributed by atoms with E-state index >= 15 is 0 Å². The van der Waals surface area contributed by atoms with E-state index in [1.807, 2.05) is 6.07 Å². The molecule has 6 rings (SSSR count). The molecule has 1 fully saturated rings. The lowest BCUT2D eigenvalue weighted by molar-refractivity contribution is 0.117. The van der Waals surface area contributed by atoms with Crippen LogP contribution < -0.4 is 9.47 Å². The lowest BCUT2D eigenvalue weighted by Crippen LogP contribution is -2.32. The maximum absolute atomic E-state index is 5.82. The van der Waals surface area contributed by atoms with Crippen LogP contribution in [-0.4, -0.2) is 41.1 Å². The molecule has 0 spiro atoms. The first-order valence-electron chi connectivity index (χ1n) is 11.5. The van der Waals surface area contributed by atoms with Crippen LogP contribution in [0, 0.1) is 13.8 Å². The van der Waals surface area contributed by atoms with Crippen LogP contribution in [0.5, 0.6) is 11.5 Å². The Bertz CT molecular complexity index is 1250. The third-order valence-electron chi connectivity index (χ3n) is 6.55. The minimum absolute atomic E-state index is 0.224. The smallest absolute Gasteiger partial charge is 0.231 e. The Labute approximate surface area is 198 Å². The molecule has 0 bridgehead atoms. The largest absolute Gasteiger partial charge is 0.454 e. The minimum Gasteiger partial charge on any atom is -0.454 e. The number of aromatic nitrogens is 1. The van der Waals surface area contributed by atoms with Crippen LogP contribution in [0.1, 0.15) is 35.1 Å². The van der Waals surface area contributed by atoms with E-state index in [1.165, 1.54) is 27.6 Å². The summed E-state index contributed by atoms with van der Waals surface area (Å²) < 4.78 is 16.9. The number of nitrogens with zero attached hydrogens (tertiary/aromatic N) is 3. The van der Waals surface area contributed by atoms with Crippen LogP contribution in [0.4, 0.5) is 0 Å².